The van der Waals surface area contributed by atoms with E-state index in [4.69, 9.17) is 11.6 Å². The molecule has 0 atom stereocenters. The molecule has 3 aromatic rings. The van der Waals surface area contributed by atoms with E-state index in [9.17, 15) is 4.39 Å². The van der Waals surface area contributed by atoms with Crippen molar-refractivity contribution in [2.45, 2.75) is 6.92 Å². The SMILES string of the molecule is Cc1c(-c2ccccc2)nc2cc(F)c(Br)cc2c1Cl. The van der Waals surface area contributed by atoms with Gasteiger partial charge in [0.2, 0.25) is 0 Å². The third-order valence-electron chi connectivity index (χ3n) is 3.24. The number of benzene rings is 2. The maximum Gasteiger partial charge on any atom is 0.139 e. The summed E-state index contributed by atoms with van der Waals surface area (Å²) in [6.45, 7) is 1.92. The summed E-state index contributed by atoms with van der Waals surface area (Å²) in [5, 5.41) is 1.35. The third kappa shape index (κ3) is 2.21. The van der Waals surface area contributed by atoms with Crippen molar-refractivity contribution in [3.63, 3.8) is 0 Å². The Labute approximate surface area is 129 Å². The van der Waals surface area contributed by atoms with E-state index in [-0.39, 0.29) is 5.82 Å². The number of rotatable bonds is 1. The second-order valence-electron chi connectivity index (χ2n) is 4.55. The van der Waals surface area contributed by atoms with Gasteiger partial charge in [0, 0.05) is 17.0 Å². The highest BCUT2D eigenvalue weighted by atomic mass is 79.9. The summed E-state index contributed by atoms with van der Waals surface area (Å²) in [5.41, 5.74) is 3.20. The van der Waals surface area contributed by atoms with Crippen LogP contribution in [0.2, 0.25) is 5.02 Å². The summed E-state index contributed by atoms with van der Waals surface area (Å²) in [6, 6.07) is 12.8. The van der Waals surface area contributed by atoms with Crippen LogP contribution >= 0.6 is 27.5 Å². The zero-order chi connectivity index (χ0) is 14.3. The summed E-state index contributed by atoms with van der Waals surface area (Å²) in [5.74, 6) is -0.344. The van der Waals surface area contributed by atoms with Crippen molar-refractivity contribution in [3.05, 3.63) is 63.3 Å². The molecule has 0 fully saturated rings. The fourth-order valence-electron chi connectivity index (χ4n) is 2.19. The maximum atomic E-state index is 13.7. The highest BCUT2D eigenvalue weighted by molar-refractivity contribution is 9.10. The fourth-order valence-corrected chi connectivity index (χ4v) is 2.78. The molecule has 0 aliphatic heterocycles. The molecule has 2 aromatic carbocycles. The van der Waals surface area contributed by atoms with Gasteiger partial charge in [-0.15, -0.1) is 0 Å². The van der Waals surface area contributed by atoms with Crippen LogP contribution in [0.3, 0.4) is 0 Å². The summed E-state index contributed by atoms with van der Waals surface area (Å²) in [4.78, 5) is 4.56. The third-order valence-corrected chi connectivity index (χ3v) is 4.33. The van der Waals surface area contributed by atoms with Crippen LogP contribution in [0.15, 0.2) is 46.9 Å². The Morgan fingerprint density at radius 1 is 1.15 bits per heavy atom. The lowest BCUT2D eigenvalue weighted by Crippen LogP contribution is -1.93. The minimum absolute atomic E-state index is 0.344. The topological polar surface area (TPSA) is 12.9 Å². The van der Waals surface area contributed by atoms with E-state index >= 15 is 0 Å². The van der Waals surface area contributed by atoms with Gasteiger partial charge in [-0.2, -0.15) is 0 Å². The van der Waals surface area contributed by atoms with E-state index in [0.29, 0.717) is 15.0 Å². The van der Waals surface area contributed by atoms with Gasteiger partial charge in [0.15, 0.2) is 0 Å². The highest BCUT2D eigenvalue weighted by Crippen LogP contribution is 2.34. The standard InChI is InChI=1S/C16H10BrClFN/c1-9-15(18)11-7-12(17)13(19)8-14(11)20-16(9)10-5-3-2-4-6-10/h2-8H,1H3. The molecule has 0 saturated heterocycles. The molecule has 3 rings (SSSR count). The van der Waals surface area contributed by atoms with Crippen molar-refractivity contribution < 1.29 is 4.39 Å². The van der Waals surface area contributed by atoms with Crippen LogP contribution in [0.4, 0.5) is 4.39 Å². The maximum absolute atomic E-state index is 13.7. The normalized spacial score (nSPS) is 11.0. The minimum atomic E-state index is -0.344. The zero-order valence-corrected chi connectivity index (χ0v) is 13.0. The molecule has 0 amide bonds. The van der Waals surface area contributed by atoms with Gasteiger partial charge in [-0.25, -0.2) is 9.37 Å². The average molecular weight is 351 g/mol. The molecule has 4 heteroatoms. The predicted octanol–water partition coefficient (Wildman–Crippen LogP) is 5.77. The number of nitrogens with zero attached hydrogens (tertiary/aromatic N) is 1. The Morgan fingerprint density at radius 2 is 1.85 bits per heavy atom. The van der Waals surface area contributed by atoms with Gasteiger partial charge >= 0.3 is 0 Å². The van der Waals surface area contributed by atoms with Crippen molar-refractivity contribution >= 4 is 38.4 Å². The van der Waals surface area contributed by atoms with Crippen LogP contribution in [-0.4, -0.2) is 4.98 Å². The molecule has 0 N–H and O–H groups in total. The molecule has 1 aromatic heterocycles. The largest absolute Gasteiger partial charge is 0.247 e. The first-order valence-corrected chi connectivity index (χ1v) is 7.25. The Hall–Kier alpha value is -1.45. The first-order chi connectivity index (χ1) is 9.58. The average Bonchev–Trinajstić information content (AvgIpc) is 2.46. The van der Waals surface area contributed by atoms with Crippen molar-refractivity contribution in [1.29, 1.82) is 0 Å². The predicted molar refractivity (Wildman–Crippen MR) is 84.6 cm³/mol. The van der Waals surface area contributed by atoms with E-state index in [1.165, 1.54) is 6.07 Å². The summed E-state index contributed by atoms with van der Waals surface area (Å²) >= 11 is 9.60. The fraction of sp³-hybridized carbons (Fsp3) is 0.0625. The van der Waals surface area contributed by atoms with Crippen LogP contribution in [0.5, 0.6) is 0 Å². The van der Waals surface area contributed by atoms with Gasteiger partial charge < -0.3 is 0 Å². The second-order valence-corrected chi connectivity index (χ2v) is 5.78. The van der Waals surface area contributed by atoms with Crippen molar-refractivity contribution in [1.82, 2.24) is 4.98 Å². The lowest BCUT2D eigenvalue weighted by molar-refractivity contribution is 0.623. The molecule has 1 nitrogen and oxygen atoms in total. The lowest BCUT2D eigenvalue weighted by atomic mass is 10.0. The molecule has 1 heterocycles. The summed E-state index contributed by atoms with van der Waals surface area (Å²) in [6.07, 6.45) is 0. The number of aromatic nitrogens is 1. The second kappa shape index (κ2) is 5.15. The van der Waals surface area contributed by atoms with Gasteiger partial charge in [0.1, 0.15) is 5.82 Å². The molecular formula is C16H10BrClFN. The first-order valence-electron chi connectivity index (χ1n) is 6.08. The van der Waals surface area contributed by atoms with Crippen LogP contribution in [0.25, 0.3) is 22.2 Å². The van der Waals surface area contributed by atoms with E-state index in [1.807, 2.05) is 37.3 Å². The van der Waals surface area contributed by atoms with Crippen LogP contribution in [-0.2, 0) is 0 Å². The van der Waals surface area contributed by atoms with Crippen LogP contribution < -0.4 is 0 Å². The molecule has 0 unspecified atom stereocenters. The molecule has 0 aliphatic carbocycles. The number of hydrogen-bond donors (Lipinski definition) is 0. The smallest absolute Gasteiger partial charge is 0.139 e. The number of fused-ring (bicyclic) bond motifs is 1. The molecule has 100 valence electrons. The van der Waals surface area contributed by atoms with Crippen molar-refractivity contribution in [2.24, 2.45) is 0 Å². The monoisotopic (exact) mass is 349 g/mol. The molecule has 0 aliphatic rings. The lowest BCUT2D eigenvalue weighted by Gasteiger charge is -2.11. The number of pyridine rings is 1. The zero-order valence-electron chi connectivity index (χ0n) is 10.6. The number of hydrogen-bond acceptors (Lipinski definition) is 1. The molecule has 20 heavy (non-hydrogen) atoms. The van der Waals surface area contributed by atoms with Crippen LogP contribution in [0.1, 0.15) is 5.56 Å². The molecule has 0 spiro atoms. The first kappa shape index (κ1) is 13.5. The van der Waals surface area contributed by atoms with E-state index in [1.54, 1.807) is 6.07 Å². The number of halogens is 3. The van der Waals surface area contributed by atoms with E-state index in [0.717, 1.165) is 22.2 Å². The Kier molecular flexibility index (Phi) is 3.48. The molecule has 0 radical (unpaired) electrons. The Bertz CT molecular complexity index is 803. The molecular weight excluding hydrogens is 341 g/mol. The van der Waals surface area contributed by atoms with Gasteiger partial charge in [0.25, 0.3) is 0 Å². The summed E-state index contributed by atoms with van der Waals surface area (Å²) in [7, 11) is 0. The van der Waals surface area contributed by atoms with E-state index in [2.05, 4.69) is 20.9 Å². The van der Waals surface area contributed by atoms with Gasteiger partial charge in [0.05, 0.1) is 20.7 Å². The van der Waals surface area contributed by atoms with Gasteiger partial charge in [-0.3, -0.25) is 0 Å². The minimum Gasteiger partial charge on any atom is -0.247 e. The van der Waals surface area contributed by atoms with Crippen molar-refractivity contribution in [2.75, 3.05) is 0 Å². The van der Waals surface area contributed by atoms with Crippen molar-refractivity contribution in [3.8, 4) is 11.3 Å². The Balaban J connectivity index is 2.36. The van der Waals surface area contributed by atoms with Gasteiger partial charge in [-0.1, -0.05) is 41.9 Å². The van der Waals surface area contributed by atoms with Gasteiger partial charge in [-0.05, 0) is 34.5 Å². The van der Waals surface area contributed by atoms with Crippen LogP contribution in [0, 0.1) is 12.7 Å². The quantitative estimate of drug-likeness (QED) is 0.543. The molecule has 0 saturated carbocycles. The molecule has 0 bridgehead atoms. The van der Waals surface area contributed by atoms with E-state index < -0.39 is 0 Å². The highest BCUT2D eigenvalue weighted by Gasteiger charge is 2.13. The Morgan fingerprint density at radius 3 is 2.55 bits per heavy atom. The summed E-state index contributed by atoms with van der Waals surface area (Å²) < 4.78 is 14.1.